The third kappa shape index (κ3) is 2.88. The van der Waals surface area contributed by atoms with Crippen molar-refractivity contribution < 1.29 is 12.8 Å². The first-order valence-corrected chi connectivity index (χ1v) is 8.36. The van der Waals surface area contributed by atoms with Crippen molar-refractivity contribution in [1.82, 2.24) is 9.29 Å². The molecule has 0 aliphatic carbocycles. The molecule has 0 aliphatic heterocycles. The van der Waals surface area contributed by atoms with Gasteiger partial charge in [0.2, 0.25) is 5.09 Å². The summed E-state index contributed by atoms with van der Waals surface area (Å²) in [6.45, 7) is 0.344. The Kier molecular flexibility index (Phi) is 3.96. The largest absolute Gasteiger partial charge is 0.443 e. The number of sulfonamides is 1. The molecule has 6 heteroatoms. The maximum Gasteiger partial charge on any atom is 0.276 e. The first kappa shape index (κ1) is 14.7. The Morgan fingerprint density at radius 1 is 1.14 bits per heavy atom. The highest BCUT2D eigenvalue weighted by Crippen LogP contribution is 2.24. The molecule has 114 valence electrons. The molecule has 3 rings (SSSR count). The number of para-hydroxylation sites is 1. The van der Waals surface area contributed by atoms with Crippen LogP contribution in [0.15, 0.2) is 64.2 Å². The summed E-state index contributed by atoms with van der Waals surface area (Å²) in [6.07, 6.45) is 2.25. The van der Waals surface area contributed by atoms with Gasteiger partial charge in [-0.15, -0.1) is 0 Å². The third-order valence-corrected chi connectivity index (χ3v) is 5.19. The van der Waals surface area contributed by atoms with E-state index in [9.17, 15) is 8.42 Å². The van der Waals surface area contributed by atoms with Crippen molar-refractivity contribution in [2.45, 2.75) is 11.5 Å². The third-order valence-electron chi connectivity index (χ3n) is 3.48. The Labute approximate surface area is 129 Å². The predicted octanol–water partition coefficient (Wildman–Crippen LogP) is 2.69. The summed E-state index contributed by atoms with van der Waals surface area (Å²) in [6, 6.07) is 14.4. The molecule has 0 aliphatic rings. The van der Waals surface area contributed by atoms with Gasteiger partial charge in [0.1, 0.15) is 5.58 Å². The Bertz CT molecular complexity index is 840. The summed E-state index contributed by atoms with van der Waals surface area (Å²) in [5.41, 5.74) is 1.42. The van der Waals surface area contributed by atoms with E-state index in [1.165, 1.54) is 4.31 Å². The second-order valence-corrected chi connectivity index (χ2v) is 6.98. The van der Waals surface area contributed by atoms with Crippen LogP contribution < -0.4 is 0 Å². The van der Waals surface area contributed by atoms with Gasteiger partial charge in [-0.05, 0) is 18.2 Å². The maximum atomic E-state index is 12.5. The number of benzene rings is 1. The molecule has 0 saturated heterocycles. The van der Waals surface area contributed by atoms with Crippen molar-refractivity contribution in [3.8, 4) is 0 Å². The fourth-order valence-corrected chi connectivity index (χ4v) is 3.29. The zero-order chi connectivity index (χ0) is 15.6. The lowest BCUT2D eigenvalue weighted by Crippen LogP contribution is -2.28. The molecule has 0 radical (unpaired) electrons. The summed E-state index contributed by atoms with van der Waals surface area (Å²) < 4.78 is 31.8. The van der Waals surface area contributed by atoms with Crippen LogP contribution in [0.2, 0.25) is 0 Å². The van der Waals surface area contributed by atoms with Crippen molar-refractivity contribution in [3.63, 3.8) is 0 Å². The van der Waals surface area contributed by atoms with E-state index in [0.717, 1.165) is 11.1 Å². The molecule has 0 N–H and O–H groups in total. The average Bonchev–Trinajstić information content (AvgIpc) is 2.98. The van der Waals surface area contributed by atoms with Crippen LogP contribution in [0.1, 0.15) is 5.69 Å². The van der Waals surface area contributed by atoms with Crippen molar-refractivity contribution >= 4 is 21.0 Å². The molecular formula is C16H16N2O3S. The van der Waals surface area contributed by atoms with Gasteiger partial charge in [-0.1, -0.05) is 24.3 Å². The van der Waals surface area contributed by atoms with Crippen LogP contribution in [0.3, 0.4) is 0 Å². The smallest absolute Gasteiger partial charge is 0.276 e. The maximum absolute atomic E-state index is 12.5. The Balaban J connectivity index is 1.79. The van der Waals surface area contributed by atoms with Crippen LogP contribution >= 0.6 is 0 Å². The van der Waals surface area contributed by atoms with E-state index in [2.05, 4.69) is 4.98 Å². The molecule has 0 saturated carbocycles. The first-order valence-electron chi connectivity index (χ1n) is 6.92. The zero-order valence-electron chi connectivity index (χ0n) is 12.1. The molecule has 0 fully saturated rings. The van der Waals surface area contributed by atoms with Crippen molar-refractivity contribution in [3.05, 3.63) is 60.4 Å². The summed E-state index contributed by atoms with van der Waals surface area (Å²) in [7, 11) is -2.09. The molecule has 0 atom stereocenters. The number of likely N-dealkylation sites (N-methyl/N-ethyl adjacent to an activating group) is 1. The number of rotatable bonds is 5. The van der Waals surface area contributed by atoms with E-state index in [4.69, 9.17) is 4.42 Å². The molecule has 22 heavy (non-hydrogen) atoms. The highest BCUT2D eigenvalue weighted by Gasteiger charge is 2.24. The molecule has 0 unspecified atom stereocenters. The SMILES string of the molecule is CN(CCc1ccccn1)S(=O)(=O)c1cc2ccccc2o1. The van der Waals surface area contributed by atoms with Crippen molar-refractivity contribution in [1.29, 1.82) is 0 Å². The lowest BCUT2D eigenvalue weighted by atomic mass is 10.3. The number of fused-ring (bicyclic) bond motifs is 1. The average molecular weight is 316 g/mol. The van der Waals surface area contributed by atoms with Gasteiger partial charge in [0.05, 0.1) is 0 Å². The Morgan fingerprint density at radius 2 is 1.91 bits per heavy atom. The van der Waals surface area contributed by atoms with E-state index in [1.807, 2.05) is 36.4 Å². The minimum Gasteiger partial charge on any atom is -0.443 e. The monoisotopic (exact) mass is 316 g/mol. The Hall–Kier alpha value is -2.18. The molecule has 3 aromatic rings. The highest BCUT2D eigenvalue weighted by atomic mass is 32.2. The predicted molar refractivity (Wildman–Crippen MR) is 84.0 cm³/mol. The Morgan fingerprint density at radius 3 is 2.64 bits per heavy atom. The lowest BCUT2D eigenvalue weighted by molar-refractivity contribution is 0.425. The number of aromatic nitrogens is 1. The molecule has 0 bridgehead atoms. The summed E-state index contributed by atoms with van der Waals surface area (Å²) in [4.78, 5) is 4.20. The van der Waals surface area contributed by atoms with Gasteiger partial charge in [0.25, 0.3) is 10.0 Å². The number of hydrogen-bond donors (Lipinski definition) is 0. The molecule has 0 amide bonds. The van der Waals surface area contributed by atoms with Gasteiger partial charge in [-0.3, -0.25) is 4.98 Å². The van der Waals surface area contributed by atoms with Gasteiger partial charge in [0.15, 0.2) is 0 Å². The van der Waals surface area contributed by atoms with E-state index >= 15 is 0 Å². The van der Waals surface area contributed by atoms with Crippen LogP contribution in [0.4, 0.5) is 0 Å². The van der Waals surface area contributed by atoms with Gasteiger partial charge in [-0.2, -0.15) is 4.31 Å². The normalized spacial score (nSPS) is 12.1. The number of pyridine rings is 1. The molecule has 2 heterocycles. The summed E-state index contributed by atoms with van der Waals surface area (Å²) in [5, 5.41) is 0.747. The number of furan rings is 1. The molecule has 1 aromatic carbocycles. The minimum absolute atomic E-state index is 0.0304. The zero-order valence-corrected chi connectivity index (χ0v) is 13.0. The van der Waals surface area contributed by atoms with Gasteiger partial charge < -0.3 is 4.42 Å². The fraction of sp³-hybridized carbons (Fsp3) is 0.188. The molecular weight excluding hydrogens is 300 g/mol. The van der Waals surface area contributed by atoms with E-state index in [1.54, 1.807) is 25.4 Å². The van der Waals surface area contributed by atoms with E-state index in [0.29, 0.717) is 18.5 Å². The highest BCUT2D eigenvalue weighted by molar-refractivity contribution is 7.89. The number of nitrogens with zero attached hydrogens (tertiary/aromatic N) is 2. The summed E-state index contributed by atoms with van der Waals surface area (Å²) in [5.74, 6) is 0. The van der Waals surface area contributed by atoms with Crippen molar-refractivity contribution in [2.75, 3.05) is 13.6 Å². The lowest BCUT2D eigenvalue weighted by Gasteiger charge is -2.14. The topological polar surface area (TPSA) is 63.4 Å². The van der Waals surface area contributed by atoms with E-state index < -0.39 is 10.0 Å². The quantitative estimate of drug-likeness (QED) is 0.726. The standard InChI is InChI=1S/C16H16N2O3S/c1-18(11-9-14-7-4-5-10-17-14)22(19,20)16-12-13-6-2-3-8-15(13)21-16/h2-8,10,12H,9,11H2,1H3. The minimum atomic E-state index is -3.63. The van der Waals surface area contributed by atoms with Gasteiger partial charge >= 0.3 is 0 Å². The van der Waals surface area contributed by atoms with Crippen LogP contribution in [-0.4, -0.2) is 31.3 Å². The molecule has 0 spiro atoms. The molecule has 2 aromatic heterocycles. The summed E-state index contributed by atoms with van der Waals surface area (Å²) >= 11 is 0. The van der Waals surface area contributed by atoms with Gasteiger partial charge in [0, 0.05) is 43.4 Å². The van der Waals surface area contributed by atoms with Crippen molar-refractivity contribution in [2.24, 2.45) is 0 Å². The number of hydrogen-bond acceptors (Lipinski definition) is 4. The van der Waals surface area contributed by atoms with Crippen LogP contribution in [0.25, 0.3) is 11.0 Å². The second-order valence-electron chi connectivity index (χ2n) is 5.00. The van der Waals surface area contributed by atoms with Gasteiger partial charge in [-0.25, -0.2) is 8.42 Å². The van der Waals surface area contributed by atoms with Crippen LogP contribution in [0.5, 0.6) is 0 Å². The fourth-order valence-electron chi connectivity index (χ4n) is 2.18. The van der Waals surface area contributed by atoms with Crippen LogP contribution in [-0.2, 0) is 16.4 Å². The van der Waals surface area contributed by atoms with E-state index in [-0.39, 0.29) is 5.09 Å². The van der Waals surface area contributed by atoms with Crippen LogP contribution in [0, 0.1) is 0 Å². The molecule has 5 nitrogen and oxygen atoms in total. The first-order chi connectivity index (χ1) is 10.6. The second kappa shape index (κ2) is 5.90.